The summed E-state index contributed by atoms with van der Waals surface area (Å²) in [5.41, 5.74) is 0.912. The molecule has 0 spiro atoms. The summed E-state index contributed by atoms with van der Waals surface area (Å²) in [6.07, 6.45) is 2.05. The zero-order valence-corrected chi connectivity index (χ0v) is 15.7. The predicted molar refractivity (Wildman–Crippen MR) is 99.4 cm³/mol. The quantitative estimate of drug-likeness (QED) is 0.659. The van der Waals surface area contributed by atoms with E-state index in [1.165, 1.54) is 23.1 Å². The summed E-state index contributed by atoms with van der Waals surface area (Å²) < 4.78 is 5.89. The van der Waals surface area contributed by atoms with Gasteiger partial charge in [0.2, 0.25) is 11.0 Å². The van der Waals surface area contributed by atoms with E-state index in [-0.39, 0.29) is 11.9 Å². The Morgan fingerprint density at radius 2 is 2.08 bits per heavy atom. The Morgan fingerprint density at radius 3 is 2.75 bits per heavy atom. The molecule has 1 amide bonds. The molecule has 0 aliphatic heterocycles. The molecule has 0 aliphatic carbocycles. The maximum atomic E-state index is 11.9. The molecule has 0 saturated heterocycles. The molecule has 2 aromatic rings. The number of nitrogens with zero attached hydrogens (tertiary/aromatic N) is 2. The number of thioether (sulfide) groups is 1. The number of amides is 1. The number of hydrogen-bond acceptors (Lipinski definition) is 7. The monoisotopic (exact) mass is 366 g/mol. The highest BCUT2D eigenvalue weighted by Gasteiger charge is 2.10. The number of hydrogen-bond donors (Lipinski definition) is 2. The van der Waals surface area contributed by atoms with E-state index < -0.39 is 0 Å². The Labute approximate surface area is 150 Å². The van der Waals surface area contributed by atoms with Gasteiger partial charge in [0.15, 0.2) is 4.34 Å². The highest BCUT2D eigenvalue weighted by Crippen LogP contribution is 2.28. The fourth-order valence-electron chi connectivity index (χ4n) is 2.07. The summed E-state index contributed by atoms with van der Waals surface area (Å²) in [5.74, 6) is 1.18. The Balaban J connectivity index is 1.81. The lowest BCUT2D eigenvalue weighted by Gasteiger charge is -2.11. The van der Waals surface area contributed by atoms with Crippen molar-refractivity contribution in [1.82, 2.24) is 15.5 Å². The van der Waals surface area contributed by atoms with E-state index in [2.05, 4.69) is 27.8 Å². The molecule has 1 aromatic heterocycles. The van der Waals surface area contributed by atoms with Crippen LogP contribution in [0.2, 0.25) is 0 Å². The van der Waals surface area contributed by atoms with E-state index in [4.69, 9.17) is 4.74 Å². The van der Waals surface area contributed by atoms with E-state index in [0.717, 1.165) is 28.6 Å². The van der Waals surface area contributed by atoms with E-state index in [1.807, 2.05) is 31.2 Å². The van der Waals surface area contributed by atoms with Crippen molar-refractivity contribution in [3.05, 3.63) is 24.3 Å². The maximum absolute atomic E-state index is 11.9. The van der Waals surface area contributed by atoms with Gasteiger partial charge in [-0.25, -0.2) is 0 Å². The summed E-state index contributed by atoms with van der Waals surface area (Å²) in [4.78, 5) is 11.9. The largest absolute Gasteiger partial charge is 0.497 e. The summed E-state index contributed by atoms with van der Waals surface area (Å²) in [6, 6.07) is 7.79. The molecule has 24 heavy (non-hydrogen) atoms. The van der Waals surface area contributed by atoms with E-state index in [1.54, 1.807) is 7.11 Å². The van der Waals surface area contributed by atoms with Crippen LogP contribution in [0.3, 0.4) is 0 Å². The van der Waals surface area contributed by atoms with Gasteiger partial charge < -0.3 is 15.4 Å². The van der Waals surface area contributed by atoms with Crippen molar-refractivity contribution in [2.24, 2.45) is 0 Å². The highest BCUT2D eigenvalue weighted by molar-refractivity contribution is 8.01. The van der Waals surface area contributed by atoms with Gasteiger partial charge in [0.05, 0.1) is 12.9 Å². The molecular weight excluding hydrogens is 344 g/mol. The van der Waals surface area contributed by atoms with E-state index >= 15 is 0 Å². The van der Waals surface area contributed by atoms with Crippen LogP contribution < -0.4 is 15.4 Å². The first kappa shape index (κ1) is 18.5. The Morgan fingerprint density at radius 1 is 1.33 bits per heavy atom. The molecule has 0 unspecified atom stereocenters. The van der Waals surface area contributed by atoms with Gasteiger partial charge in [0.25, 0.3) is 0 Å². The number of methoxy groups -OCH3 is 1. The molecule has 0 saturated carbocycles. The first-order chi connectivity index (χ1) is 11.6. The molecule has 2 N–H and O–H groups in total. The van der Waals surface area contributed by atoms with Gasteiger partial charge in [0.1, 0.15) is 5.75 Å². The van der Waals surface area contributed by atoms with Gasteiger partial charge in [-0.3, -0.25) is 4.79 Å². The van der Waals surface area contributed by atoms with Crippen molar-refractivity contribution < 1.29 is 9.53 Å². The van der Waals surface area contributed by atoms with Gasteiger partial charge in [0, 0.05) is 11.7 Å². The minimum absolute atomic E-state index is 0.0285. The molecule has 1 atom stereocenters. The minimum Gasteiger partial charge on any atom is -0.497 e. The molecule has 130 valence electrons. The molecule has 0 radical (unpaired) electrons. The van der Waals surface area contributed by atoms with Gasteiger partial charge in [-0.05, 0) is 37.6 Å². The van der Waals surface area contributed by atoms with Crippen LogP contribution in [0.15, 0.2) is 28.6 Å². The number of nitrogens with one attached hydrogen (secondary N) is 2. The molecule has 0 bridgehead atoms. The zero-order chi connectivity index (χ0) is 17.4. The van der Waals surface area contributed by atoms with Crippen LogP contribution in [0.1, 0.15) is 26.7 Å². The molecule has 1 heterocycles. The lowest BCUT2D eigenvalue weighted by Crippen LogP contribution is -2.33. The van der Waals surface area contributed by atoms with Crippen LogP contribution in [0.25, 0.3) is 0 Å². The third kappa shape index (κ3) is 6.01. The number of anilines is 2. The Bertz CT molecular complexity index is 646. The standard InChI is InChI=1S/C16H22N4O2S2/c1-4-5-11(2)17-14(21)10-23-16-20-19-15(24-16)18-12-6-8-13(22-3)9-7-12/h6-9,11H,4-5,10H2,1-3H3,(H,17,21)(H,18,19)/t11-/m0/s1. The van der Waals surface area contributed by atoms with Crippen LogP contribution in [0, 0.1) is 0 Å². The average Bonchev–Trinajstić information content (AvgIpc) is 3.01. The van der Waals surface area contributed by atoms with Gasteiger partial charge in [-0.15, -0.1) is 10.2 Å². The normalized spacial score (nSPS) is 11.8. The Hall–Kier alpha value is -1.80. The molecule has 1 aromatic carbocycles. The van der Waals surface area contributed by atoms with Crippen molar-refractivity contribution >= 4 is 39.8 Å². The number of carbonyl (C=O) groups excluding carboxylic acids is 1. The van der Waals surface area contributed by atoms with Crippen molar-refractivity contribution in [2.75, 3.05) is 18.2 Å². The maximum Gasteiger partial charge on any atom is 0.230 e. The number of benzene rings is 1. The summed E-state index contributed by atoms with van der Waals surface area (Å²) >= 11 is 2.83. The molecular formula is C16H22N4O2S2. The fourth-order valence-corrected chi connectivity index (χ4v) is 3.65. The minimum atomic E-state index is 0.0285. The molecule has 8 heteroatoms. The lowest BCUT2D eigenvalue weighted by atomic mass is 10.2. The second kappa shape index (κ2) is 9.48. The van der Waals surface area contributed by atoms with Gasteiger partial charge in [-0.1, -0.05) is 36.4 Å². The number of ether oxygens (including phenoxy) is 1. The zero-order valence-electron chi connectivity index (χ0n) is 14.0. The number of carbonyl (C=O) groups is 1. The Kier molecular flexibility index (Phi) is 7.33. The number of aromatic nitrogens is 2. The summed E-state index contributed by atoms with van der Waals surface area (Å²) in [6.45, 7) is 4.13. The van der Waals surface area contributed by atoms with E-state index in [0.29, 0.717) is 10.9 Å². The summed E-state index contributed by atoms with van der Waals surface area (Å²) in [5, 5.41) is 15.1. The topological polar surface area (TPSA) is 76.1 Å². The second-order valence-corrected chi connectivity index (χ2v) is 7.47. The van der Waals surface area contributed by atoms with Crippen LogP contribution in [0.5, 0.6) is 5.75 Å². The first-order valence-electron chi connectivity index (χ1n) is 7.77. The van der Waals surface area contributed by atoms with Crippen LogP contribution in [0.4, 0.5) is 10.8 Å². The van der Waals surface area contributed by atoms with Crippen molar-refractivity contribution in [2.45, 2.75) is 37.1 Å². The molecule has 0 aliphatic rings. The average molecular weight is 367 g/mol. The van der Waals surface area contributed by atoms with Gasteiger partial charge >= 0.3 is 0 Å². The third-order valence-corrected chi connectivity index (χ3v) is 5.18. The van der Waals surface area contributed by atoms with E-state index in [9.17, 15) is 4.79 Å². The van der Waals surface area contributed by atoms with Crippen molar-refractivity contribution in [1.29, 1.82) is 0 Å². The van der Waals surface area contributed by atoms with Gasteiger partial charge in [-0.2, -0.15) is 0 Å². The summed E-state index contributed by atoms with van der Waals surface area (Å²) in [7, 11) is 1.63. The van der Waals surface area contributed by atoms with Crippen LogP contribution >= 0.6 is 23.1 Å². The molecule has 2 rings (SSSR count). The highest BCUT2D eigenvalue weighted by atomic mass is 32.2. The smallest absolute Gasteiger partial charge is 0.230 e. The molecule has 0 fully saturated rings. The predicted octanol–water partition coefficient (Wildman–Crippen LogP) is 3.69. The second-order valence-electron chi connectivity index (χ2n) is 5.27. The fraction of sp³-hybridized carbons (Fsp3) is 0.438. The number of rotatable bonds is 9. The first-order valence-corrected chi connectivity index (χ1v) is 9.57. The lowest BCUT2D eigenvalue weighted by molar-refractivity contribution is -0.119. The SMILES string of the molecule is CCC[C@H](C)NC(=O)CSc1nnc(Nc2ccc(OC)cc2)s1. The van der Waals surface area contributed by atoms with Crippen molar-refractivity contribution in [3.8, 4) is 5.75 Å². The van der Waals surface area contributed by atoms with Crippen molar-refractivity contribution in [3.63, 3.8) is 0 Å². The third-order valence-electron chi connectivity index (χ3n) is 3.20. The molecule has 6 nitrogen and oxygen atoms in total. The van der Waals surface area contributed by atoms with Crippen LogP contribution in [-0.4, -0.2) is 35.0 Å². The van der Waals surface area contributed by atoms with Crippen LogP contribution in [-0.2, 0) is 4.79 Å².